The third-order valence-electron chi connectivity index (χ3n) is 3.02. The molecule has 0 radical (unpaired) electrons. The van der Waals surface area contributed by atoms with Crippen LogP contribution in [0.4, 0.5) is 0 Å². The lowest BCUT2D eigenvalue weighted by molar-refractivity contribution is -0.152. The molecule has 0 saturated carbocycles. The summed E-state index contributed by atoms with van der Waals surface area (Å²) < 4.78 is 6.50. The largest absolute Gasteiger partial charge is 0.469 e. The van der Waals surface area contributed by atoms with Gasteiger partial charge in [-0.25, -0.2) is 0 Å². The van der Waals surface area contributed by atoms with Gasteiger partial charge in [0.25, 0.3) is 0 Å². The lowest BCUT2D eigenvalue weighted by Crippen LogP contribution is -2.28. The summed E-state index contributed by atoms with van der Waals surface area (Å²) in [7, 11) is 1.34. The van der Waals surface area contributed by atoms with E-state index in [4.69, 9.17) is 4.74 Å². The van der Waals surface area contributed by atoms with E-state index in [0.29, 0.717) is 5.56 Å². The van der Waals surface area contributed by atoms with Gasteiger partial charge in [-0.3, -0.25) is 9.48 Å². The Bertz CT molecular complexity index is 399. The Hall–Kier alpha value is -1.36. The summed E-state index contributed by atoms with van der Waals surface area (Å²) in [6.07, 6.45) is 2.49. The number of aliphatic hydroxyl groups is 1. The fraction of sp³-hybridized carbons (Fsp3) is 0.692. The topological polar surface area (TPSA) is 64.3 Å². The number of aliphatic hydroxyl groups excluding tert-OH is 1. The lowest BCUT2D eigenvalue weighted by atomic mass is 9.87. The molecule has 1 aromatic heterocycles. The second-order valence-electron chi connectivity index (χ2n) is 5.09. The molecule has 0 saturated heterocycles. The Balaban J connectivity index is 2.94. The molecule has 5 heteroatoms. The van der Waals surface area contributed by atoms with Crippen molar-refractivity contribution in [2.45, 2.75) is 39.8 Å². The van der Waals surface area contributed by atoms with E-state index in [0.717, 1.165) is 0 Å². The Morgan fingerprint density at radius 2 is 2.00 bits per heavy atom. The lowest BCUT2D eigenvalue weighted by Gasteiger charge is -2.23. The first-order chi connectivity index (χ1) is 8.38. The van der Waals surface area contributed by atoms with Gasteiger partial charge >= 0.3 is 5.97 Å². The molecule has 1 N–H and O–H groups in total. The van der Waals surface area contributed by atoms with E-state index in [1.54, 1.807) is 17.1 Å². The predicted molar refractivity (Wildman–Crippen MR) is 67.9 cm³/mol. The van der Waals surface area contributed by atoms with Crippen LogP contribution in [0, 0.1) is 11.8 Å². The van der Waals surface area contributed by atoms with Crippen molar-refractivity contribution in [2.75, 3.05) is 7.11 Å². The minimum absolute atomic E-state index is 0.00477. The van der Waals surface area contributed by atoms with Gasteiger partial charge in [-0.1, -0.05) is 13.8 Å². The molecule has 0 fully saturated rings. The van der Waals surface area contributed by atoms with Crippen LogP contribution in [0.25, 0.3) is 0 Å². The Labute approximate surface area is 108 Å². The fourth-order valence-corrected chi connectivity index (χ4v) is 1.90. The van der Waals surface area contributed by atoms with E-state index in [-0.39, 0.29) is 12.0 Å². The van der Waals surface area contributed by atoms with Gasteiger partial charge in [0.15, 0.2) is 0 Å². The van der Waals surface area contributed by atoms with Crippen LogP contribution in [0.3, 0.4) is 0 Å². The van der Waals surface area contributed by atoms with Crippen LogP contribution in [0.15, 0.2) is 12.4 Å². The number of carbonyl (C=O) groups is 1. The van der Waals surface area contributed by atoms with Crippen LogP contribution in [0.2, 0.25) is 0 Å². The van der Waals surface area contributed by atoms with Crippen molar-refractivity contribution in [2.24, 2.45) is 11.8 Å². The van der Waals surface area contributed by atoms with Gasteiger partial charge in [0.1, 0.15) is 0 Å². The average Bonchev–Trinajstić information content (AvgIpc) is 2.77. The fourth-order valence-electron chi connectivity index (χ4n) is 1.90. The monoisotopic (exact) mass is 254 g/mol. The molecule has 0 amide bonds. The number of aromatic nitrogens is 2. The van der Waals surface area contributed by atoms with Crippen molar-refractivity contribution in [1.82, 2.24) is 9.78 Å². The maximum absolute atomic E-state index is 11.7. The summed E-state index contributed by atoms with van der Waals surface area (Å²) >= 11 is 0. The number of carbonyl (C=O) groups excluding carboxylic acids is 1. The Morgan fingerprint density at radius 1 is 1.39 bits per heavy atom. The van der Waals surface area contributed by atoms with Crippen LogP contribution in [0.5, 0.6) is 0 Å². The van der Waals surface area contributed by atoms with Gasteiger partial charge in [-0.15, -0.1) is 0 Å². The molecule has 0 aromatic carbocycles. The highest BCUT2D eigenvalue weighted by molar-refractivity contribution is 5.73. The number of methoxy groups -OCH3 is 1. The number of rotatable bonds is 5. The zero-order valence-electron chi connectivity index (χ0n) is 11.6. The molecule has 0 aliphatic carbocycles. The van der Waals surface area contributed by atoms with E-state index in [9.17, 15) is 9.90 Å². The van der Waals surface area contributed by atoms with Crippen LogP contribution >= 0.6 is 0 Å². The van der Waals surface area contributed by atoms with Gasteiger partial charge in [0.2, 0.25) is 0 Å². The first kappa shape index (κ1) is 14.7. The number of nitrogens with zero attached hydrogens (tertiary/aromatic N) is 2. The van der Waals surface area contributed by atoms with Gasteiger partial charge in [0.05, 0.1) is 25.3 Å². The van der Waals surface area contributed by atoms with Crippen LogP contribution < -0.4 is 0 Å². The van der Waals surface area contributed by atoms with Crippen LogP contribution in [-0.2, 0) is 9.53 Å². The van der Waals surface area contributed by atoms with Gasteiger partial charge in [-0.05, 0) is 19.8 Å². The first-order valence-electron chi connectivity index (χ1n) is 6.18. The van der Waals surface area contributed by atoms with Crippen molar-refractivity contribution < 1.29 is 14.6 Å². The molecule has 5 nitrogen and oxygen atoms in total. The molecule has 18 heavy (non-hydrogen) atoms. The zero-order valence-corrected chi connectivity index (χ0v) is 11.6. The second kappa shape index (κ2) is 6.00. The van der Waals surface area contributed by atoms with Crippen LogP contribution in [-0.4, -0.2) is 28.0 Å². The molecule has 2 unspecified atom stereocenters. The average molecular weight is 254 g/mol. The van der Waals surface area contributed by atoms with E-state index >= 15 is 0 Å². The van der Waals surface area contributed by atoms with Gasteiger partial charge in [0, 0.05) is 17.8 Å². The normalized spacial score (nSPS) is 14.9. The Morgan fingerprint density at radius 3 is 2.39 bits per heavy atom. The molecule has 0 bridgehead atoms. The van der Waals surface area contributed by atoms with Crippen LogP contribution in [0.1, 0.15) is 45.4 Å². The molecule has 0 spiro atoms. The molecule has 1 aromatic rings. The Kier molecular flexibility index (Phi) is 4.90. The van der Waals surface area contributed by atoms with Gasteiger partial charge in [-0.2, -0.15) is 5.10 Å². The van der Waals surface area contributed by atoms with Crippen molar-refractivity contribution in [3.8, 4) is 0 Å². The highest BCUT2D eigenvalue weighted by Gasteiger charge is 2.32. The molecule has 0 aliphatic rings. The SMILES string of the molecule is COC(=O)C(C(C)C)C(O)c1cnn(C(C)C)c1. The highest BCUT2D eigenvalue weighted by atomic mass is 16.5. The summed E-state index contributed by atoms with van der Waals surface area (Å²) in [5, 5.41) is 14.5. The second-order valence-corrected chi connectivity index (χ2v) is 5.09. The summed E-state index contributed by atoms with van der Waals surface area (Å²) in [4.78, 5) is 11.7. The molecule has 2 atom stereocenters. The molecular weight excluding hydrogens is 232 g/mol. The van der Waals surface area contributed by atoms with Crippen molar-refractivity contribution in [3.63, 3.8) is 0 Å². The number of esters is 1. The third kappa shape index (κ3) is 3.10. The smallest absolute Gasteiger partial charge is 0.311 e. The first-order valence-corrected chi connectivity index (χ1v) is 6.18. The third-order valence-corrected chi connectivity index (χ3v) is 3.02. The standard InChI is InChI=1S/C13H22N2O3/c1-8(2)11(13(17)18-5)12(16)10-6-14-15(7-10)9(3)4/h6-9,11-12,16H,1-5H3. The maximum atomic E-state index is 11.7. The van der Waals surface area contributed by atoms with Crippen molar-refractivity contribution in [3.05, 3.63) is 18.0 Å². The summed E-state index contributed by atoms with van der Waals surface area (Å²) in [6.45, 7) is 7.78. The number of hydrogen-bond donors (Lipinski definition) is 1. The molecule has 1 rings (SSSR count). The van der Waals surface area contributed by atoms with Crippen molar-refractivity contribution >= 4 is 5.97 Å². The molecular formula is C13H22N2O3. The minimum Gasteiger partial charge on any atom is -0.469 e. The van der Waals surface area contributed by atoms with Gasteiger partial charge < -0.3 is 9.84 Å². The predicted octanol–water partition coefficient (Wildman–Crippen LogP) is 1.94. The molecule has 0 aliphatic heterocycles. The summed E-state index contributed by atoms with van der Waals surface area (Å²) in [6, 6.07) is 0.224. The van der Waals surface area contributed by atoms with E-state index in [1.807, 2.05) is 27.7 Å². The highest BCUT2D eigenvalue weighted by Crippen LogP contribution is 2.29. The number of ether oxygens (including phenoxy) is 1. The van der Waals surface area contributed by atoms with E-state index in [2.05, 4.69) is 5.10 Å². The summed E-state index contributed by atoms with van der Waals surface area (Å²) in [5.74, 6) is -0.968. The van der Waals surface area contributed by atoms with Crippen molar-refractivity contribution in [1.29, 1.82) is 0 Å². The maximum Gasteiger partial charge on any atom is 0.311 e. The molecule has 1 heterocycles. The quantitative estimate of drug-likeness (QED) is 0.816. The summed E-state index contributed by atoms with van der Waals surface area (Å²) in [5.41, 5.74) is 0.646. The number of hydrogen-bond acceptors (Lipinski definition) is 4. The van der Waals surface area contributed by atoms with E-state index < -0.39 is 18.0 Å². The van der Waals surface area contributed by atoms with E-state index in [1.165, 1.54) is 7.11 Å². The molecule has 102 valence electrons. The minimum atomic E-state index is -0.884. The zero-order chi connectivity index (χ0) is 13.9.